The van der Waals surface area contributed by atoms with Gasteiger partial charge in [-0.2, -0.15) is 0 Å². The van der Waals surface area contributed by atoms with Crippen molar-refractivity contribution in [3.63, 3.8) is 0 Å². The predicted octanol–water partition coefficient (Wildman–Crippen LogP) is 3.05. The highest BCUT2D eigenvalue weighted by atomic mass is 16.5. The molecule has 0 aromatic heterocycles. The van der Waals surface area contributed by atoms with Crippen LogP contribution in [-0.2, 0) is 9.59 Å². The summed E-state index contributed by atoms with van der Waals surface area (Å²) >= 11 is 0. The van der Waals surface area contributed by atoms with Gasteiger partial charge in [-0.3, -0.25) is 9.59 Å². The number of carbonyl (C=O) groups excluding carboxylic acids is 1. The van der Waals surface area contributed by atoms with Crippen molar-refractivity contribution in [3.05, 3.63) is 29.8 Å². The number of methoxy groups -OCH3 is 1. The first-order chi connectivity index (χ1) is 11.5. The SMILES string of the molecule is COc1cccc(C2CCN(C(=O)CC3(C(=O)O)CCC3)CC2)c1. The van der Waals surface area contributed by atoms with Gasteiger partial charge in [-0.05, 0) is 49.3 Å². The van der Waals surface area contributed by atoms with Crippen molar-refractivity contribution >= 4 is 11.9 Å². The Morgan fingerprint density at radius 3 is 2.54 bits per heavy atom. The molecule has 3 rings (SSSR count). The monoisotopic (exact) mass is 331 g/mol. The quantitative estimate of drug-likeness (QED) is 0.900. The van der Waals surface area contributed by atoms with Gasteiger partial charge in [-0.25, -0.2) is 0 Å². The molecule has 1 aliphatic carbocycles. The summed E-state index contributed by atoms with van der Waals surface area (Å²) in [4.78, 5) is 25.8. The first-order valence-electron chi connectivity index (χ1n) is 8.69. The lowest BCUT2D eigenvalue weighted by molar-refractivity contribution is -0.159. The van der Waals surface area contributed by atoms with Crippen LogP contribution in [0.2, 0.25) is 0 Å². The Hall–Kier alpha value is -2.04. The Morgan fingerprint density at radius 1 is 1.29 bits per heavy atom. The van der Waals surface area contributed by atoms with E-state index in [0.29, 0.717) is 31.8 Å². The molecule has 0 radical (unpaired) electrons. The maximum atomic E-state index is 12.5. The van der Waals surface area contributed by atoms with Crippen LogP contribution in [0.3, 0.4) is 0 Å². The summed E-state index contributed by atoms with van der Waals surface area (Å²) in [6.45, 7) is 1.41. The van der Waals surface area contributed by atoms with Crippen LogP contribution in [0.4, 0.5) is 0 Å². The molecule has 1 saturated heterocycles. The van der Waals surface area contributed by atoms with Gasteiger partial charge in [0.1, 0.15) is 5.75 Å². The van der Waals surface area contributed by atoms with E-state index in [1.54, 1.807) is 7.11 Å². The van der Waals surface area contributed by atoms with E-state index in [9.17, 15) is 14.7 Å². The standard InChI is InChI=1S/C19H25NO4/c1-24-16-5-2-4-15(12-16)14-6-10-20(11-7-14)17(21)13-19(18(22)23)8-3-9-19/h2,4-5,12,14H,3,6-11,13H2,1H3,(H,22,23). The van der Waals surface area contributed by atoms with E-state index in [1.807, 2.05) is 17.0 Å². The number of ether oxygens (including phenoxy) is 1. The Balaban J connectivity index is 1.56. The zero-order valence-corrected chi connectivity index (χ0v) is 14.2. The molecular weight excluding hydrogens is 306 g/mol. The number of hydrogen-bond donors (Lipinski definition) is 1. The minimum absolute atomic E-state index is 0.00110. The molecule has 1 heterocycles. The van der Waals surface area contributed by atoms with E-state index in [4.69, 9.17) is 4.74 Å². The molecule has 5 heteroatoms. The molecular formula is C19H25NO4. The van der Waals surface area contributed by atoms with Crippen LogP contribution in [-0.4, -0.2) is 42.1 Å². The second-order valence-electron chi connectivity index (χ2n) is 7.05. The van der Waals surface area contributed by atoms with Gasteiger partial charge in [0.05, 0.1) is 12.5 Å². The average Bonchev–Trinajstić information content (AvgIpc) is 2.57. The molecule has 5 nitrogen and oxygen atoms in total. The third-order valence-corrected chi connectivity index (χ3v) is 5.67. The Bertz CT molecular complexity index is 616. The van der Waals surface area contributed by atoms with Gasteiger partial charge in [0.15, 0.2) is 0 Å². The van der Waals surface area contributed by atoms with E-state index in [2.05, 4.69) is 12.1 Å². The van der Waals surface area contributed by atoms with Crippen molar-refractivity contribution in [1.82, 2.24) is 4.90 Å². The topological polar surface area (TPSA) is 66.8 Å². The van der Waals surface area contributed by atoms with Crippen molar-refractivity contribution in [2.75, 3.05) is 20.2 Å². The number of benzene rings is 1. The number of carboxylic acids is 1. The molecule has 1 aromatic carbocycles. The number of aliphatic carboxylic acids is 1. The van der Waals surface area contributed by atoms with Crippen molar-refractivity contribution in [1.29, 1.82) is 0 Å². The van der Waals surface area contributed by atoms with E-state index < -0.39 is 11.4 Å². The molecule has 1 N–H and O–H groups in total. The highest BCUT2D eigenvalue weighted by molar-refractivity contribution is 5.85. The number of hydrogen-bond acceptors (Lipinski definition) is 3. The lowest BCUT2D eigenvalue weighted by atomic mass is 9.66. The minimum atomic E-state index is -0.812. The van der Waals surface area contributed by atoms with Gasteiger partial charge in [0.25, 0.3) is 0 Å². The van der Waals surface area contributed by atoms with Crippen LogP contribution in [0.25, 0.3) is 0 Å². The molecule has 2 fully saturated rings. The molecule has 0 atom stereocenters. The highest BCUT2D eigenvalue weighted by Gasteiger charge is 2.46. The second-order valence-corrected chi connectivity index (χ2v) is 7.05. The lowest BCUT2D eigenvalue weighted by Crippen LogP contribution is -2.45. The van der Waals surface area contributed by atoms with Crippen molar-refractivity contribution in [3.8, 4) is 5.75 Å². The van der Waals surface area contributed by atoms with Gasteiger partial charge in [-0.1, -0.05) is 18.6 Å². The molecule has 1 aromatic rings. The Morgan fingerprint density at radius 2 is 2.00 bits per heavy atom. The molecule has 130 valence electrons. The number of carbonyl (C=O) groups is 2. The number of amides is 1. The molecule has 0 bridgehead atoms. The zero-order chi connectivity index (χ0) is 17.2. The maximum Gasteiger partial charge on any atom is 0.310 e. The molecule has 1 saturated carbocycles. The van der Waals surface area contributed by atoms with Crippen LogP contribution in [0, 0.1) is 5.41 Å². The maximum absolute atomic E-state index is 12.5. The van der Waals surface area contributed by atoms with Crippen molar-refractivity contribution in [2.45, 2.75) is 44.4 Å². The predicted molar refractivity (Wildman–Crippen MR) is 90.1 cm³/mol. The molecule has 24 heavy (non-hydrogen) atoms. The molecule has 0 unspecified atom stereocenters. The Labute approximate surface area is 142 Å². The first kappa shape index (κ1) is 16.8. The number of piperidine rings is 1. The van der Waals surface area contributed by atoms with Crippen LogP contribution in [0.1, 0.15) is 50.0 Å². The highest BCUT2D eigenvalue weighted by Crippen LogP contribution is 2.44. The fourth-order valence-electron chi connectivity index (χ4n) is 3.83. The Kier molecular flexibility index (Phi) is 4.78. The average molecular weight is 331 g/mol. The molecule has 1 aliphatic heterocycles. The number of likely N-dealkylation sites (tertiary alicyclic amines) is 1. The largest absolute Gasteiger partial charge is 0.497 e. The van der Waals surface area contributed by atoms with Gasteiger partial charge in [0, 0.05) is 19.5 Å². The number of nitrogens with zero attached hydrogens (tertiary/aromatic N) is 1. The van der Waals surface area contributed by atoms with Gasteiger partial charge >= 0.3 is 5.97 Å². The van der Waals surface area contributed by atoms with Crippen molar-refractivity contribution in [2.24, 2.45) is 5.41 Å². The van der Waals surface area contributed by atoms with E-state index in [1.165, 1.54) is 5.56 Å². The molecule has 1 amide bonds. The van der Waals surface area contributed by atoms with E-state index in [-0.39, 0.29) is 12.3 Å². The summed E-state index contributed by atoms with van der Waals surface area (Å²) < 4.78 is 5.28. The zero-order valence-electron chi connectivity index (χ0n) is 14.2. The number of carboxylic acid groups (broad SMARTS) is 1. The van der Waals surface area contributed by atoms with E-state index in [0.717, 1.165) is 25.0 Å². The van der Waals surface area contributed by atoms with Crippen LogP contribution >= 0.6 is 0 Å². The summed E-state index contributed by atoms with van der Waals surface area (Å²) in [7, 11) is 1.67. The third kappa shape index (κ3) is 3.25. The fourth-order valence-corrected chi connectivity index (χ4v) is 3.83. The molecule has 2 aliphatic rings. The summed E-state index contributed by atoms with van der Waals surface area (Å²) in [5.74, 6) is 0.482. The summed E-state index contributed by atoms with van der Waals surface area (Å²) in [5, 5.41) is 9.39. The smallest absolute Gasteiger partial charge is 0.310 e. The van der Waals surface area contributed by atoms with Crippen molar-refractivity contribution < 1.29 is 19.4 Å². The van der Waals surface area contributed by atoms with Gasteiger partial charge < -0.3 is 14.7 Å². The van der Waals surface area contributed by atoms with Crippen LogP contribution in [0.15, 0.2) is 24.3 Å². The third-order valence-electron chi connectivity index (χ3n) is 5.67. The first-order valence-corrected chi connectivity index (χ1v) is 8.69. The van der Waals surface area contributed by atoms with Gasteiger partial charge in [-0.15, -0.1) is 0 Å². The van der Waals surface area contributed by atoms with E-state index >= 15 is 0 Å². The molecule has 0 spiro atoms. The second kappa shape index (κ2) is 6.83. The van der Waals surface area contributed by atoms with Crippen LogP contribution in [0.5, 0.6) is 5.75 Å². The summed E-state index contributed by atoms with van der Waals surface area (Å²) in [5.41, 5.74) is 0.461. The number of rotatable bonds is 5. The normalized spacial score (nSPS) is 20.3. The lowest BCUT2D eigenvalue weighted by Gasteiger charge is -2.40. The summed E-state index contributed by atoms with van der Waals surface area (Å²) in [6.07, 6.45) is 4.17. The minimum Gasteiger partial charge on any atom is -0.497 e. The van der Waals surface area contributed by atoms with Crippen LogP contribution < -0.4 is 4.74 Å². The van der Waals surface area contributed by atoms with Gasteiger partial charge in [0.2, 0.25) is 5.91 Å². The summed E-state index contributed by atoms with van der Waals surface area (Å²) in [6, 6.07) is 8.11. The fraction of sp³-hybridized carbons (Fsp3) is 0.579.